The normalized spacial score (nSPS) is 15.2. The van der Waals surface area contributed by atoms with E-state index >= 15 is 0 Å². The SMILES string of the molecule is CCCCCN1C(=O)c2ccc3c4ccc5c6c(ccc(c7ccc(c2c37)C1=O)c64)C(=O)N(CCCCC)C5=O. The first-order valence-corrected chi connectivity index (χ1v) is 14.4. The number of carbonyl (C=O) groups excluding carboxylic acids is 4. The molecule has 5 aromatic carbocycles. The maximum Gasteiger partial charge on any atom is 0.261 e. The van der Waals surface area contributed by atoms with Gasteiger partial charge in [-0.15, -0.1) is 0 Å². The van der Waals surface area contributed by atoms with Crippen LogP contribution in [0.2, 0.25) is 0 Å². The van der Waals surface area contributed by atoms with Gasteiger partial charge < -0.3 is 0 Å². The molecule has 5 aromatic rings. The van der Waals surface area contributed by atoms with Crippen molar-refractivity contribution in [2.45, 2.75) is 52.4 Å². The van der Waals surface area contributed by atoms with E-state index in [0.717, 1.165) is 70.8 Å². The van der Waals surface area contributed by atoms with Gasteiger partial charge >= 0.3 is 0 Å². The van der Waals surface area contributed by atoms with Gasteiger partial charge in [0.1, 0.15) is 0 Å². The number of carbonyl (C=O) groups is 4. The molecule has 2 aliphatic rings. The minimum atomic E-state index is -0.243. The molecular weight excluding hydrogens is 500 g/mol. The molecule has 0 bridgehead atoms. The van der Waals surface area contributed by atoms with Gasteiger partial charge in [-0.25, -0.2) is 0 Å². The molecule has 6 heteroatoms. The third-order valence-electron chi connectivity index (χ3n) is 8.77. The molecule has 7 rings (SSSR count). The molecule has 0 aromatic heterocycles. The third kappa shape index (κ3) is 3.22. The number of unbranched alkanes of at least 4 members (excludes halogenated alkanes) is 4. The summed E-state index contributed by atoms with van der Waals surface area (Å²) < 4.78 is 0. The number of nitrogens with zero attached hydrogens (tertiary/aromatic N) is 2. The van der Waals surface area contributed by atoms with Crippen LogP contribution in [0.25, 0.3) is 43.1 Å². The van der Waals surface area contributed by atoms with E-state index in [-0.39, 0.29) is 23.6 Å². The highest BCUT2D eigenvalue weighted by atomic mass is 16.2. The zero-order valence-electron chi connectivity index (χ0n) is 22.8. The summed E-state index contributed by atoms with van der Waals surface area (Å²) >= 11 is 0. The molecule has 4 amide bonds. The van der Waals surface area contributed by atoms with Crippen LogP contribution < -0.4 is 0 Å². The first-order valence-electron chi connectivity index (χ1n) is 14.4. The van der Waals surface area contributed by atoms with Gasteiger partial charge in [-0.2, -0.15) is 0 Å². The molecule has 0 aliphatic carbocycles. The second-order valence-corrected chi connectivity index (χ2v) is 11.1. The summed E-state index contributed by atoms with van der Waals surface area (Å²) in [5.41, 5.74) is 2.20. The average molecular weight is 531 g/mol. The zero-order valence-corrected chi connectivity index (χ0v) is 22.8. The molecule has 0 saturated carbocycles. The van der Waals surface area contributed by atoms with E-state index in [0.29, 0.717) is 46.1 Å². The Bertz CT molecular complexity index is 1660. The van der Waals surface area contributed by atoms with Crippen molar-refractivity contribution < 1.29 is 19.2 Å². The summed E-state index contributed by atoms with van der Waals surface area (Å²) in [6.07, 6.45) is 5.52. The fraction of sp³-hybridized carbons (Fsp3) is 0.294. The maximum atomic E-state index is 13.5. The second kappa shape index (κ2) is 9.12. The Hall–Kier alpha value is -4.32. The van der Waals surface area contributed by atoms with E-state index in [2.05, 4.69) is 13.8 Å². The van der Waals surface area contributed by atoms with Crippen LogP contribution >= 0.6 is 0 Å². The van der Waals surface area contributed by atoms with Gasteiger partial charge in [0, 0.05) is 46.1 Å². The average Bonchev–Trinajstić information content (AvgIpc) is 2.97. The standard InChI is InChI=1S/C34H30N2O4/c1-3-5-7-17-35-31(37)23-13-9-19-21-11-15-25-30-26(34(40)36(33(25)39)18-8-6-4-2)16-12-22(28(21)30)20-10-14-24(32(35)38)29(23)27(19)20/h9-16H,3-8,17-18H2,1-2H3. The van der Waals surface area contributed by atoms with E-state index in [1.807, 2.05) is 48.5 Å². The molecule has 2 aliphatic heterocycles. The van der Waals surface area contributed by atoms with Crippen molar-refractivity contribution in [2.24, 2.45) is 0 Å². The highest BCUT2D eigenvalue weighted by Crippen LogP contribution is 2.46. The Labute approximate surface area is 231 Å². The number of benzene rings is 5. The van der Waals surface area contributed by atoms with Crippen LogP contribution in [-0.4, -0.2) is 46.5 Å². The van der Waals surface area contributed by atoms with Crippen LogP contribution in [0.3, 0.4) is 0 Å². The molecular formula is C34H30N2O4. The van der Waals surface area contributed by atoms with Crippen LogP contribution in [0.1, 0.15) is 93.8 Å². The van der Waals surface area contributed by atoms with E-state index in [9.17, 15) is 19.2 Å². The van der Waals surface area contributed by atoms with Gasteiger partial charge in [0.25, 0.3) is 23.6 Å². The van der Waals surface area contributed by atoms with Crippen molar-refractivity contribution in [2.75, 3.05) is 13.1 Å². The fourth-order valence-electron chi connectivity index (χ4n) is 6.81. The molecule has 6 nitrogen and oxygen atoms in total. The topological polar surface area (TPSA) is 74.8 Å². The maximum absolute atomic E-state index is 13.5. The Balaban J connectivity index is 1.47. The lowest BCUT2D eigenvalue weighted by molar-refractivity contribution is 0.0592. The quantitative estimate of drug-likeness (QED) is 0.0912. The molecule has 2 heterocycles. The monoisotopic (exact) mass is 530 g/mol. The predicted molar refractivity (Wildman–Crippen MR) is 157 cm³/mol. The lowest BCUT2D eigenvalue weighted by Crippen LogP contribution is -2.41. The summed E-state index contributed by atoms with van der Waals surface area (Å²) in [6.45, 7) is 5.03. The smallest absolute Gasteiger partial charge is 0.261 e. The van der Waals surface area contributed by atoms with E-state index < -0.39 is 0 Å². The van der Waals surface area contributed by atoms with Gasteiger partial charge in [-0.05, 0) is 69.4 Å². The van der Waals surface area contributed by atoms with Crippen molar-refractivity contribution >= 4 is 66.7 Å². The summed E-state index contributed by atoms with van der Waals surface area (Å²) in [4.78, 5) is 56.9. The minimum Gasteiger partial charge on any atom is -0.274 e. The molecule has 0 spiro atoms. The van der Waals surface area contributed by atoms with Crippen molar-refractivity contribution in [3.05, 3.63) is 70.8 Å². The first kappa shape index (κ1) is 24.7. The van der Waals surface area contributed by atoms with Crippen LogP contribution in [0.5, 0.6) is 0 Å². The van der Waals surface area contributed by atoms with Crippen LogP contribution in [-0.2, 0) is 0 Å². The zero-order chi connectivity index (χ0) is 27.7. The molecule has 0 saturated heterocycles. The van der Waals surface area contributed by atoms with Gasteiger partial charge in [0.05, 0.1) is 0 Å². The van der Waals surface area contributed by atoms with Crippen molar-refractivity contribution in [3.8, 4) is 0 Å². The van der Waals surface area contributed by atoms with Crippen molar-refractivity contribution in [3.63, 3.8) is 0 Å². The third-order valence-corrected chi connectivity index (χ3v) is 8.77. The van der Waals surface area contributed by atoms with Crippen LogP contribution in [0, 0.1) is 0 Å². The number of amides is 4. The van der Waals surface area contributed by atoms with Gasteiger partial charge in [0.15, 0.2) is 0 Å². The number of hydrogen-bond donors (Lipinski definition) is 0. The largest absolute Gasteiger partial charge is 0.274 e. The predicted octanol–water partition coefficient (Wildman–Crippen LogP) is 7.31. The molecule has 0 unspecified atom stereocenters. The summed E-state index contributed by atoms with van der Waals surface area (Å²) in [5, 5.41) is 6.82. The van der Waals surface area contributed by atoms with E-state index in [4.69, 9.17) is 0 Å². The number of imide groups is 2. The Kier molecular flexibility index (Phi) is 5.63. The molecule has 200 valence electrons. The molecule has 0 N–H and O–H groups in total. The number of hydrogen-bond acceptors (Lipinski definition) is 4. The van der Waals surface area contributed by atoms with Crippen molar-refractivity contribution in [1.82, 2.24) is 9.80 Å². The van der Waals surface area contributed by atoms with E-state index in [1.165, 1.54) is 9.80 Å². The first-order chi connectivity index (χ1) is 19.5. The Morgan fingerprint density at radius 2 is 0.725 bits per heavy atom. The number of rotatable bonds is 8. The van der Waals surface area contributed by atoms with Crippen LogP contribution in [0.15, 0.2) is 48.5 Å². The highest BCUT2D eigenvalue weighted by molar-refractivity contribution is 6.41. The van der Waals surface area contributed by atoms with Gasteiger partial charge in [0.2, 0.25) is 0 Å². The van der Waals surface area contributed by atoms with E-state index in [1.54, 1.807) is 0 Å². The Morgan fingerprint density at radius 3 is 1.00 bits per heavy atom. The minimum absolute atomic E-state index is 0.243. The lowest BCUT2D eigenvalue weighted by atomic mass is 9.82. The molecule has 0 fully saturated rings. The lowest BCUT2D eigenvalue weighted by Gasteiger charge is -2.30. The number of fused-ring (bicyclic) bond motifs is 2. The summed E-state index contributed by atoms with van der Waals surface area (Å²) in [5.74, 6) is -0.971. The molecule has 40 heavy (non-hydrogen) atoms. The van der Waals surface area contributed by atoms with Crippen LogP contribution in [0.4, 0.5) is 0 Å². The fourth-order valence-corrected chi connectivity index (χ4v) is 6.81. The van der Waals surface area contributed by atoms with Crippen molar-refractivity contribution in [1.29, 1.82) is 0 Å². The molecule has 0 atom stereocenters. The second-order valence-electron chi connectivity index (χ2n) is 11.1. The Morgan fingerprint density at radius 1 is 0.425 bits per heavy atom. The molecule has 0 radical (unpaired) electrons. The van der Waals surface area contributed by atoms with Gasteiger partial charge in [-0.3, -0.25) is 29.0 Å². The highest BCUT2D eigenvalue weighted by Gasteiger charge is 2.36. The summed E-state index contributed by atoms with van der Waals surface area (Å²) in [6, 6.07) is 15.2. The summed E-state index contributed by atoms with van der Waals surface area (Å²) in [7, 11) is 0. The van der Waals surface area contributed by atoms with Gasteiger partial charge in [-0.1, -0.05) is 63.8 Å².